The number of non-ortho nitro benzene ring substituents is 1. The third kappa shape index (κ3) is 3.96. The van der Waals surface area contributed by atoms with E-state index in [2.05, 4.69) is 10.3 Å². The van der Waals surface area contributed by atoms with Gasteiger partial charge in [-0.15, -0.1) is 0 Å². The molecule has 0 aliphatic rings. The van der Waals surface area contributed by atoms with Crippen molar-refractivity contribution in [1.29, 1.82) is 0 Å². The summed E-state index contributed by atoms with van der Waals surface area (Å²) in [4.78, 5) is 27.7. The summed E-state index contributed by atoms with van der Waals surface area (Å²) in [6, 6.07) is 10.5. The van der Waals surface area contributed by atoms with Crippen molar-refractivity contribution in [3.8, 4) is 11.5 Å². The zero-order valence-electron chi connectivity index (χ0n) is 16.1. The van der Waals surface area contributed by atoms with Crippen LogP contribution in [-0.4, -0.2) is 28.0 Å². The van der Waals surface area contributed by atoms with Crippen molar-refractivity contribution in [2.75, 3.05) is 7.11 Å². The number of ether oxygens (including phenoxy) is 1. The van der Waals surface area contributed by atoms with Gasteiger partial charge in [-0.2, -0.15) is 0 Å². The quantitative estimate of drug-likeness (QED) is 0.464. The monoisotopic (exact) mass is 395 g/mol. The Labute approximate surface area is 167 Å². The van der Waals surface area contributed by atoms with Crippen molar-refractivity contribution in [3.63, 3.8) is 0 Å². The highest BCUT2D eigenvalue weighted by Crippen LogP contribution is 2.41. The minimum Gasteiger partial charge on any atom is -0.505 e. The average Bonchev–Trinajstić information content (AvgIpc) is 2.73. The van der Waals surface area contributed by atoms with Crippen LogP contribution in [0.4, 0.5) is 5.69 Å². The van der Waals surface area contributed by atoms with Gasteiger partial charge in [-0.3, -0.25) is 19.9 Å². The van der Waals surface area contributed by atoms with Gasteiger partial charge in [-0.05, 0) is 24.6 Å². The number of aromatic hydroxyl groups is 1. The van der Waals surface area contributed by atoms with Gasteiger partial charge in [0.1, 0.15) is 17.0 Å². The molecular formula is C21H21N3O5. The number of nitro groups is 1. The van der Waals surface area contributed by atoms with Gasteiger partial charge in [0.25, 0.3) is 5.69 Å². The Kier molecular flexibility index (Phi) is 5.92. The van der Waals surface area contributed by atoms with E-state index in [0.29, 0.717) is 17.7 Å². The van der Waals surface area contributed by atoms with Crippen LogP contribution < -0.4 is 10.1 Å². The van der Waals surface area contributed by atoms with Gasteiger partial charge in [0.05, 0.1) is 23.5 Å². The lowest BCUT2D eigenvalue weighted by molar-refractivity contribution is -0.383. The molecule has 2 aromatic carbocycles. The zero-order chi connectivity index (χ0) is 21.0. The summed E-state index contributed by atoms with van der Waals surface area (Å²) in [5.74, 6) is 0.0166. The summed E-state index contributed by atoms with van der Waals surface area (Å²) >= 11 is 0. The molecule has 2 N–H and O–H groups in total. The molecule has 8 nitrogen and oxygen atoms in total. The molecule has 0 radical (unpaired) electrons. The first-order chi connectivity index (χ1) is 14.0. The predicted octanol–water partition coefficient (Wildman–Crippen LogP) is 3.86. The summed E-state index contributed by atoms with van der Waals surface area (Å²) in [6.07, 6.45) is 2.36. The van der Waals surface area contributed by atoms with E-state index in [1.165, 1.54) is 25.4 Å². The van der Waals surface area contributed by atoms with Crippen molar-refractivity contribution >= 4 is 22.5 Å². The normalized spacial score (nSPS) is 11.8. The Bertz CT molecular complexity index is 1070. The Hall–Kier alpha value is -3.68. The van der Waals surface area contributed by atoms with Crippen molar-refractivity contribution in [2.45, 2.75) is 25.8 Å². The number of para-hydroxylation sites is 1. The maximum Gasteiger partial charge on any atom is 0.279 e. The lowest BCUT2D eigenvalue weighted by atomic mass is 9.94. The first kappa shape index (κ1) is 20.1. The maximum absolute atomic E-state index is 12.4. The van der Waals surface area contributed by atoms with E-state index >= 15 is 0 Å². The molecular weight excluding hydrogens is 374 g/mol. The summed E-state index contributed by atoms with van der Waals surface area (Å²) in [6.45, 7) is 1.87. The van der Waals surface area contributed by atoms with Gasteiger partial charge >= 0.3 is 0 Å². The number of nitrogens with zero attached hydrogens (tertiary/aromatic N) is 2. The van der Waals surface area contributed by atoms with Crippen LogP contribution in [0.3, 0.4) is 0 Å². The number of aromatic nitrogens is 1. The molecule has 1 atom stereocenters. The van der Waals surface area contributed by atoms with Crippen LogP contribution in [-0.2, 0) is 4.79 Å². The molecule has 150 valence electrons. The van der Waals surface area contributed by atoms with Gasteiger partial charge < -0.3 is 15.2 Å². The number of benzene rings is 2. The summed E-state index contributed by atoms with van der Waals surface area (Å²) in [5, 5.41) is 25.7. The van der Waals surface area contributed by atoms with E-state index < -0.39 is 11.0 Å². The average molecular weight is 395 g/mol. The smallest absolute Gasteiger partial charge is 0.279 e. The predicted molar refractivity (Wildman–Crippen MR) is 108 cm³/mol. The number of pyridine rings is 1. The Morgan fingerprint density at radius 1 is 1.28 bits per heavy atom. The molecule has 0 bridgehead atoms. The molecule has 0 fully saturated rings. The number of nitro benzene ring substituents is 1. The SMILES string of the molecule is CCCC(=O)N[C@@H](c1ccccc1OC)c1cc([N+](=O)[O-])c2cccnc2c1O. The van der Waals surface area contributed by atoms with Crippen LogP contribution in [0, 0.1) is 10.1 Å². The molecule has 0 saturated carbocycles. The highest BCUT2D eigenvalue weighted by Gasteiger charge is 2.28. The standard InChI is InChI=1S/C21H21N3O5/c1-3-7-18(25)23-19(14-8-4-5-10-17(14)29-2)15-12-16(24(27)28)13-9-6-11-22-20(13)21(15)26/h4-6,8-12,19,26H,3,7H2,1-2H3,(H,23,25)/t19-/m0/s1. The fraction of sp³-hybridized carbons (Fsp3) is 0.238. The van der Waals surface area contributed by atoms with Gasteiger partial charge in [0.2, 0.25) is 5.91 Å². The zero-order valence-corrected chi connectivity index (χ0v) is 16.1. The molecule has 1 heterocycles. The van der Waals surface area contributed by atoms with Crippen LogP contribution in [0.5, 0.6) is 11.5 Å². The Morgan fingerprint density at radius 3 is 2.72 bits per heavy atom. The first-order valence-electron chi connectivity index (χ1n) is 9.15. The van der Waals surface area contributed by atoms with Crippen LogP contribution >= 0.6 is 0 Å². The van der Waals surface area contributed by atoms with E-state index in [1.807, 2.05) is 6.92 Å². The van der Waals surface area contributed by atoms with Crippen molar-refractivity contribution in [2.24, 2.45) is 0 Å². The Balaban J connectivity index is 2.27. The van der Waals surface area contributed by atoms with E-state index in [0.717, 1.165) is 0 Å². The second-order valence-electron chi connectivity index (χ2n) is 6.48. The number of hydrogen-bond donors (Lipinski definition) is 2. The topological polar surface area (TPSA) is 115 Å². The number of amides is 1. The number of carbonyl (C=O) groups is 1. The summed E-state index contributed by atoms with van der Waals surface area (Å²) in [7, 11) is 1.49. The molecule has 0 unspecified atom stereocenters. The van der Waals surface area contributed by atoms with Crippen LogP contribution in [0.1, 0.15) is 36.9 Å². The number of phenols is 1. The molecule has 29 heavy (non-hydrogen) atoms. The van der Waals surface area contributed by atoms with Crippen LogP contribution in [0.15, 0.2) is 48.7 Å². The fourth-order valence-corrected chi connectivity index (χ4v) is 3.29. The van der Waals surface area contributed by atoms with Crippen molar-refractivity contribution in [3.05, 3.63) is 69.9 Å². The van der Waals surface area contributed by atoms with Crippen molar-refractivity contribution in [1.82, 2.24) is 10.3 Å². The first-order valence-corrected chi connectivity index (χ1v) is 9.15. The molecule has 1 aromatic heterocycles. The Morgan fingerprint density at radius 2 is 2.03 bits per heavy atom. The molecule has 8 heteroatoms. The summed E-state index contributed by atoms with van der Waals surface area (Å²) < 4.78 is 5.41. The van der Waals surface area contributed by atoms with E-state index in [9.17, 15) is 20.0 Å². The van der Waals surface area contributed by atoms with Gasteiger partial charge in [-0.25, -0.2) is 0 Å². The number of nitrogens with one attached hydrogen (secondary N) is 1. The maximum atomic E-state index is 12.4. The van der Waals surface area contributed by atoms with Gasteiger partial charge in [0.15, 0.2) is 0 Å². The highest BCUT2D eigenvalue weighted by atomic mass is 16.6. The largest absolute Gasteiger partial charge is 0.505 e. The number of fused-ring (bicyclic) bond motifs is 1. The molecule has 1 amide bonds. The van der Waals surface area contributed by atoms with E-state index in [-0.39, 0.29) is 40.2 Å². The second-order valence-corrected chi connectivity index (χ2v) is 6.48. The number of rotatable bonds is 7. The molecule has 0 saturated heterocycles. The lowest BCUT2D eigenvalue weighted by Crippen LogP contribution is -2.29. The van der Waals surface area contributed by atoms with Crippen molar-refractivity contribution < 1.29 is 19.6 Å². The fourth-order valence-electron chi connectivity index (χ4n) is 3.29. The number of methoxy groups -OCH3 is 1. The molecule has 3 rings (SSSR count). The molecule has 0 aliphatic heterocycles. The number of hydrogen-bond acceptors (Lipinski definition) is 6. The van der Waals surface area contributed by atoms with Crippen LogP contribution in [0.25, 0.3) is 10.9 Å². The minimum atomic E-state index is -0.852. The lowest BCUT2D eigenvalue weighted by Gasteiger charge is -2.23. The number of carbonyl (C=O) groups excluding carboxylic acids is 1. The van der Waals surface area contributed by atoms with E-state index in [1.54, 1.807) is 30.3 Å². The van der Waals surface area contributed by atoms with Gasteiger partial charge in [-0.1, -0.05) is 25.1 Å². The molecule has 0 aliphatic carbocycles. The van der Waals surface area contributed by atoms with Crippen LogP contribution in [0.2, 0.25) is 0 Å². The number of phenolic OH excluding ortho intramolecular Hbond substituents is 1. The van der Waals surface area contributed by atoms with Gasteiger partial charge in [0, 0.05) is 29.8 Å². The molecule has 3 aromatic rings. The minimum absolute atomic E-state index is 0.0985. The third-order valence-electron chi connectivity index (χ3n) is 4.61. The van der Waals surface area contributed by atoms with E-state index in [4.69, 9.17) is 4.74 Å². The summed E-state index contributed by atoms with van der Waals surface area (Å²) in [5.41, 5.74) is 0.642. The highest BCUT2D eigenvalue weighted by molar-refractivity contribution is 5.94. The third-order valence-corrected chi connectivity index (χ3v) is 4.61. The molecule has 0 spiro atoms. The second kappa shape index (κ2) is 8.55.